The second kappa shape index (κ2) is 9.23. The molecule has 3 N–H and O–H groups in total. The number of nitrogens with two attached hydrogens (primary N) is 1. The number of para-hydroxylation sites is 1. The van der Waals surface area contributed by atoms with Crippen LogP contribution in [0.4, 0.5) is 22.7 Å². The third-order valence-electron chi connectivity index (χ3n) is 7.52. The molecular weight excluding hydrogens is 476 g/mol. The van der Waals surface area contributed by atoms with Gasteiger partial charge in [0.05, 0.1) is 5.69 Å². The summed E-state index contributed by atoms with van der Waals surface area (Å²) in [5.41, 5.74) is 12.3. The van der Waals surface area contributed by atoms with Crippen molar-refractivity contribution in [2.24, 2.45) is 0 Å². The van der Waals surface area contributed by atoms with Crippen molar-refractivity contribution in [1.29, 1.82) is 0 Å². The van der Waals surface area contributed by atoms with Crippen LogP contribution in [0, 0.1) is 0 Å². The molecule has 0 fully saturated rings. The molecule has 0 unspecified atom stereocenters. The second-order valence-corrected chi connectivity index (χ2v) is 9.78. The zero-order chi connectivity index (χ0) is 26.3. The number of rotatable bonds is 4. The number of fused-ring (bicyclic) bond motifs is 4. The van der Waals surface area contributed by atoms with E-state index in [1.54, 1.807) is 0 Å². The first kappa shape index (κ1) is 22.9. The summed E-state index contributed by atoms with van der Waals surface area (Å²) in [6, 6.07) is 48.2. The number of anilines is 4. The Labute approximate surface area is 227 Å². The largest absolute Gasteiger partial charge is 0.505 e. The van der Waals surface area contributed by atoms with Gasteiger partial charge < -0.3 is 15.7 Å². The Kier molecular flexibility index (Phi) is 5.42. The number of nitrogens with zero attached hydrogens (tertiary/aromatic N) is 1. The van der Waals surface area contributed by atoms with E-state index in [1.807, 2.05) is 36.4 Å². The molecule has 3 nitrogen and oxygen atoms in total. The van der Waals surface area contributed by atoms with Crippen LogP contribution in [0.15, 0.2) is 140 Å². The highest BCUT2D eigenvalue weighted by Gasteiger charge is 2.17. The van der Waals surface area contributed by atoms with E-state index in [0.717, 1.165) is 38.6 Å². The summed E-state index contributed by atoms with van der Waals surface area (Å²) in [5.74, 6) is 0.134. The van der Waals surface area contributed by atoms with Crippen LogP contribution in [-0.2, 0) is 0 Å². The van der Waals surface area contributed by atoms with Gasteiger partial charge >= 0.3 is 0 Å². The van der Waals surface area contributed by atoms with Crippen molar-refractivity contribution >= 4 is 55.1 Å². The van der Waals surface area contributed by atoms with Gasteiger partial charge in [-0.1, -0.05) is 103 Å². The summed E-state index contributed by atoms with van der Waals surface area (Å²) in [4.78, 5) is 2.25. The van der Waals surface area contributed by atoms with Gasteiger partial charge in [-0.2, -0.15) is 0 Å². The fraction of sp³-hybridized carbons (Fsp3) is 0. The van der Waals surface area contributed by atoms with Crippen molar-refractivity contribution in [2.75, 3.05) is 10.6 Å². The van der Waals surface area contributed by atoms with Gasteiger partial charge in [0.15, 0.2) is 0 Å². The summed E-state index contributed by atoms with van der Waals surface area (Å²) in [7, 11) is 0. The average Bonchev–Trinajstić information content (AvgIpc) is 3.01. The molecule has 186 valence electrons. The average molecular weight is 503 g/mol. The third-order valence-corrected chi connectivity index (χ3v) is 7.52. The van der Waals surface area contributed by atoms with Crippen molar-refractivity contribution in [1.82, 2.24) is 0 Å². The van der Waals surface area contributed by atoms with E-state index >= 15 is 0 Å². The second-order valence-electron chi connectivity index (χ2n) is 9.78. The summed E-state index contributed by atoms with van der Waals surface area (Å²) >= 11 is 0. The van der Waals surface area contributed by atoms with Crippen LogP contribution in [0.25, 0.3) is 43.4 Å². The molecule has 0 amide bonds. The van der Waals surface area contributed by atoms with E-state index in [-0.39, 0.29) is 5.75 Å². The van der Waals surface area contributed by atoms with Crippen molar-refractivity contribution in [3.8, 4) is 16.9 Å². The van der Waals surface area contributed by atoms with Gasteiger partial charge in [0.25, 0.3) is 0 Å². The zero-order valence-corrected chi connectivity index (χ0v) is 21.3. The van der Waals surface area contributed by atoms with Gasteiger partial charge in [0.2, 0.25) is 0 Å². The lowest BCUT2D eigenvalue weighted by molar-refractivity contribution is 0.485. The molecule has 7 rings (SSSR count). The Balaban J connectivity index is 1.39. The summed E-state index contributed by atoms with van der Waals surface area (Å²) < 4.78 is 0. The Hall–Kier alpha value is -5.28. The summed E-state index contributed by atoms with van der Waals surface area (Å²) in [6.45, 7) is 0. The highest BCUT2D eigenvalue weighted by molar-refractivity contribution is 6.17. The molecule has 0 bridgehead atoms. The molecule has 0 aliphatic heterocycles. The topological polar surface area (TPSA) is 49.5 Å². The number of phenolic OH excluding ortho intramolecular Hbond substituents is 1. The van der Waals surface area contributed by atoms with Gasteiger partial charge in [0, 0.05) is 27.8 Å². The van der Waals surface area contributed by atoms with Crippen molar-refractivity contribution in [3.63, 3.8) is 0 Å². The standard InChI is InChI=1S/C36H26N2O/c37-35-32-22-21-28(23-34(32)31-14-6-7-15-33(31)36(35)39)38(26-11-2-1-3-12-26)27-19-17-25(18-20-27)30-16-8-10-24-9-4-5-13-29(24)30/h1-23,39H,37H2. The SMILES string of the molecule is Nc1c(O)c2ccccc2c2cc(N(c3ccccc3)c3ccc(-c4cccc5ccccc45)cc3)ccc12. The molecule has 0 aromatic heterocycles. The number of nitrogen functional groups attached to an aromatic ring is 1. The summed E-state index contributed by atoms with van der Waals surface area (Å²) in [6.07, 6.45) is 0. The van der Waals surface area contributed by atoms with Crippen LogP contribution in [-0.4, -0.2) is 5.11 Å². The molecular formula is C36H26N2O. The molecule has 39 heavy (non-hydrogen) atoms. The first-order valence-corrected chi connectivity index (χ1v) is 13.1. The van der Waals surface area contributed by atoms with Crippen molar-refractivity contribution in [2.45, 2.75) is 0 Å². The molecule has 0 radical (unpaired) electrons. The van der Waals surface area contributed by atoms with Gasteiger partial charge in [-0.05, 0) is 69.1 Å². The quantitative estimate of drug-likeness (QED) is 0.143. The van der Waals surface area contributed by atoms with Crippen molar-refractivity contribution in [3.05, 3.63) is 140 Å². The van der Waals surface area contributed by atoms with E-state index in [0.29, 0.717) is 5.69 Å². The number of benzene rings is 7. The molecule has 0 spiro atoms. The molecule has 0 heterocycles. The predicted octanol–water partition coefficient (Wildman–Crippen LogP) is 9.57. The monoisotopic (exact) mass is 502 g/mol. The lowest BCUT2D eigenvalue weighted by Gasteiger charge is -2.26. The smallest absolute Gasteiger partial charge is 0.146 e. The fourth-order valence-corrected chi connectivity index (χ4v) is 5.62. The highest BCUT2D eigenvalue weighted by atomic mass is 16.3. The number of hydrogen-bond donors (Lipinski definition) is 2. The van der Waals surface area contributed by atoms with Gasteiger partial charge in [0.1, 0.15) is 5.75 Å². The molecule has 0 aliphatic rings. The van der Waals surface area contributed by atoms with E-state index in [4.69, 9.17) is 5.73 Å². The normalized spacial score (nSPS) is 11.3. The Morgan fingerprint density at radius 3 is 1.87 bits per heavy atom. The van der Waals surface area contributed by atoms with E-state index in [9.17, 15) is 5.11 Å². The van der Waals surface area contributed by atoms with Crippen LogP contribution >= 0.6 is 0 Å². The Bertz CT molecular complexity index is 1970. The predicted molar refractivity (Wildman–Crippen MR) is 165 cm³/mol. The van der Waals surface area contributed by atoms with Gasteiger partial charge in [-0.3, -0.25) is 0 Å². The Morgan fingerprint density at radius 1 is 0.462 bits per heavy atom. The minimum absolute atomic E-state index is 0.134. The van der Waals surface area contributed by atoms with Gasteiger partial charge in [-0.25, -0.2) is 0 Å². The lowest BCUT2D eigenvalue weighted by atomic mass is 9.97. The first-order chi connectivity index (χ1) is 19.2. The van der Waals surface area contributed by atoms with Crippen LogP contribution < -0.4 is 10.6 Å². The number of aromatic hydroxyl groups is 1. The van der Waals surface area contributed by atoms with Crippen LogP contribution in [0.3, 0.4) is 0 Å². The van der Waals surface area contributed by atoms with Crippen LogP contribution in [0.1, 0.15) is 0 Å². The fourth-order valence-electron chi connectivity index (χ4n) is 5.62. The maximum atomic E-state index is 10.7. The van der Waals surface area contributed by atoms with E-state index < -0.39 is 0 Å². The van der Waals surface area contributed by atoms with E-state index in [1.165, 1.54) is 21.9 Å². The molecule has 0 atom stereocenters. The molecule has 0 saturated carbocycles. The molecule has 7 aromatic carbocycles. The number of phenols is 1. The highest BCUT2D eigenvalue weighted by Crippen LogP contribution is 2.43. The minimum atomic E-state index is 0.134. The van der Waals surface area contributed by atoms with E-state index in [2.05, 4.69) is 108 Å². The third kappa shape index (κ3) is 3.84. The minimum Gasteiger partial charge on any atom is -0.505 e. The maximum absolute atomic E-state index is 10.7. The summed E-state index contributed by atoms with van der Waals surface area (Å²) in [5, 5.41) is 16.8. The molecule has 3 heteroatoms. The first-order valence-electron chi connectivity index (χ1n) is 13.1. The Morgan fingerprint density at radius 2 is 1.08 bits per heavy atom. The maximum Gasteiger partial charge on any atom is 0.146 e. The van der Waals surface area contributed by atoms with Gasteiger partial charge in [-0.15, -0.1) is 0 Å². The van der Waals surface area contributed by atoms with Crippen LogP contribution in [0.2, 0.25) is 0 Å². The lowest BCUT2D eigenvalue weighted by Crippen LogP contribution is -2.09. The molecule has 7 aromatic rings. The van der Waals surface area contributed by atoms with Crippen molar-refractivity contribution < 1.29 is 5.11 Å². The van der Waals surface area contributed by atoms with Crippen LogP contribution in [0.5, 0.6) is 5.75 Å². The molecule has 0 aliphatic carbocycles. The zero-order valence-electron chi connectivity index (χ0n) is 21.3. The molecule has 0 saturated heterocycles. The number of hydrogen-bond acceptors (Lipinski definition) is 3.